The first-order valence-electron chi connectivity index (χ1n) is 6.95. The van der Waals surface area contributed by atoms with Crippen molar-refractivity contribution < 1.29 is 22.6 Å². The van der Waals surface area contributed by atoms with E-state index < -0.39 is 6.36 Å². The highest BCUT2D eigenvalue weighted by molar-refractivity contribution is 5.85. The molecule has 1 aromatic rings. The summed E-state index contributed by atoms with van der Waals surface area (Å²) in [5.74, 6) is 0.253. The second kappa shape index (κ2) is 9.98. The molecule has 0 bridgehead atoms. The van der Waals surface area contributed by atoms with Crippen LogP contribution < -0.4 is 14.8 Å². The fourth-order valence-corrected chi connectivity index (χ4v) is 2.57. The zero-order valence-electron chi connectivity index (χ0n) is 13.1. The Morgan fingerprint density at radius 2 is 1.88 bits per heavy atom. The van der Waals surface area contributed by atoms with Gasteiger partial charge in [0.15, 0.2) is 0 Å². The van der Waals surface area contributed by atoms with E-state index in [2.05, 4.69) is 21.5 Å². The molecule has 1 heterocycles. The number of nitrogens with zero attached hydrogens (tertiary/aromatic N) is 1. The maximum Gasteiger partial charge on any atom is 0.573 e. The quantitative estimate of drug-likeness (QED) is 0.781. The van der Waals surface area contributed by atoms with E-state index in [9.17, 15) is 13.2 Å². The number of piperazine rings is 1. The average Bonchev–Trinajstić information content (AvgIpc) is 2.48. The van der Waals surface area contributed by atoms with Crippen molar-refractivity contribution in [3.05, 3.63) is 36.4 Å². The van der Waals surface area contributed by atoms with Crippen molar-refractivity contribution in [2.24, 2.45) is 0 Å². The summed E-state index contributed by atoms with van der Waals surface area (Å²) < 4.78 is 46.5. The molecule has 0 spiro atoms. The van der Waals surface area contributed by atoms with Crippen molar-refractivity contribution in [3.63, 3.8) is 0 Å². The summed E-state index contributed by atoms with van der Waals surface area (Å²) in [7, 11) is 1.49. The monoisotopic (exact) mass is 388 g/mol. The molecule has 1 aliphatic rings. The van der Waals surface area contributed by atoms with E-state index in [0.717, 1.165) is 26.2 Å². The predicted molar refractivity (Wildman–Crippen MR) is 91.6 cm³/mol. The van der Waals surface area contributed by atoms with Crippen LogP contribution in [0.3, 0.4) is 0 Å². The fourth-order valence-electron chi connectivity index (χ4n) is 2.57. The number of hydrogen-bond donors (Lipinski definition) is 1. The van der Waals surface area contributed by atoms with Gasteiger partial charge in [-0.2, -0.15) is 0 Å². The van der Waals surface area contributed by atoms with Crippen LogP contribution in [0.15, 0.2) is 30.9 Å². The SMILES string of the molecule is C=C[C@@H](c1cc(OC(F)(F)F)ccc1OC)N1CCNCC1.Cl.Cl. The molecular weight excluding hydrogens is 368 g/mol. The molecule has 1 aliphatic heterocycles. The highest BCUT2D eigenvalue weighted by atomic mass is 35.5. The molecule has 24 heavy (non-hydrogen) atoms. The Kier molecular flexibility index (Phi) is 9.50. The molecule has 4 nitrogen and oxygen atoms in total. The molecule has 0 aromatic heterocycles. The van der Waals surface area contributed by atoms with Gasteiger partial charge in [-0.05, 0) is 18.2 Å². The molecular formula is C15H21Cl2F3N2O2. The molecule has 1 N–H and O–H groups in total. The highest BCUT2D eigenvalue weighted by Crippen LogP contribution is 2.35. The molecule has 2 rings (SSSR count). The molecule has 0 amide bonds. The topological polar surface area (TPSA) is 33.7 Å². The van der Waals surface area contributed by atoms with Gasteiger partial charge in [0.1, 0.15) is 11.5 Å². The van der Waals surface area contributed by atoms with Crippen LogP contribution in [0.5, 0.6) is 11.5 Å². The van der Waals surface area contributed by atoms with Gasteiger partial charge >= 0.3 is 6.36 Å². The summed E-state index contributed by atoms with van der Waals surface area (Å²) in [6.07, 6.45) is -3.01. The van der Waals surface area contributed by atoms with Crippen LogP contribution in [0.2, 0.25) is 0 Å². The number of methoxy groups -OCH3 is 1. The Hall–Kier alpha value is -1.15. The summed E-state index contributed by atoms with van der Waals surface area (Å²) in [4.78, 5) is 2.14. The number of alkyl halides is 3. The van der Waals surface area contributed by atoms with Crippen molar-refractivity contribution in [1.29, 1.82) is 0 Å². The van der Waals surface area contributed by atoms with E-state index in [4.69, 9.17) is 4.74 Å². The molecule has 1 atom stereocenters. The lowest BCUT2D eigenvalue weighted by molar-refractivity contribution is -0.274. The lowest BCUT2D eigenvalue weighted by Crippen LogP contribution is -2.44. The zero-order chi connectivity index (χ0) is 16.2. The first kappa shape index (κ1) is 22.9. The van der Waals surface area contributed by atoms with Gasteiger partial charge in [-0.25, -0.2) is 0 Å². The van der Waals surface area contributed by atoms with Crippen molar-refractivity contribution in [3.8, 4) is 11.5 Å². The third-order valence-electron chi connectivity index (χ3n) is 3.52. The number of rotatable bonds is 5. The van der Waals surface area contributed by atoms with Crippen molar-refractivity contribution in [2.45, 2.75) is 12.4 Å². The maximum absolute atomic E-state index is 12.4. The summed E-state index contributed by atoms with van der Waals surface area (Å²) in [6, 6.07) is 3.86. The first-order valence-corrected chi connectivity index (χ1v) is 6.95. The number of halogens is 5. The van der Waals surface area contributed by atoms with Crippen LogP contribution >= 0.6 is 24.8 Å². The van der Waals surface area contributed by atoms with Gasteiger partial charge in [-0.1, -0.05) is 6.08 Å². The van der Waals surface area contributed by atoms with Crippen LogP contribution in [-0.4, -0.2) is 44.6 Å². The van der Waals surface area contributed by atoms with Crippen LogP contribution in [0.4, 0.5) is 13.2 Å². The summed E-state index contributed by atoms with van der Waals surface area (Å²) >= 11 is 0. The van der Waals surface area contributed by atoms with Gasteiger partial charge in [-0.3, -0.25) is 4.90 Å². The normalized spacial score (nSPS) is 16.3. The minimum Gasteiger partial charge on any atom is -0.496 e. The second-order valence-electron chi connectivity index (χ2n) is 4.92. The molecule has 0 unspecified atom stereocenters. The van der Waals surface area contributed by atoms with Crippen molar-refractivity contribution >= 4 is 24.8 Å². The van der Waals surface area contributed by atoms with E-state index in [0.29, 0.717) is 11.3 Å². The molecule has 0 saturated carbocycles. The molecule has 138 valence electrons. The summed E-state index contributed by atoms with van der Waals surface area (Å²) in [5, 5.41) is 3.24. The van der Waals surface area contributed by atoms with Gasteiger partial charge in [0.05, 0.1) is 13.2 Å². The molecule has 1 fully saturated rings. The molecule has 0 radical (unpaired) electrons. The van der Waals surface area contributed by atoms with Crippen molar-refractivity contribution in [2.75, 3.05) is 33.3 Å². The van der Waals surface area contributed by atoms with Gasteiger partial charge < -0.3 is 14.8 Å². The van der Waals surface area contributed by atoms with E-state index in [-0.39, 0.29) is 36.6 Å². The fraction of sp³-hybridized carbons (Fsp3) is 0.467. The maximum atomic E-state index is 12.4. The Labute approximate surface area is 151 Å². The molecule has 1 saturated heterocycles. The Morgan fingerprint density at radius 3 is 2.38 bits per heavy atom. The van der Waals surface area contributed by atoms with E-state index in [1.54, 1.807) is 6.08 Å². The third kappa shape index (κ3) is 6.05. The molecule has 9 heteroatoms. The van der Waals surface area contributed by atoms with Gasteiger partial charge in [0.25, 0.3) is 0 Å². The predicted octanol–water partition coefficient (Wildman–Crippen LogP) is 3.57. The Morgan fingerprint density at radius 1 is 1.25 bits per heavy atom. The minimum absolute atomic E-state index is 0. The lowest BCUT2D eigenvalue weighted by atomic mass is 10.0. The summed E-state index contributed by atoms with van der Waals surface area (Å²) in [5.41, 5.74) is 0.612. The zero-order valence-corrected chi connectivity index (χ0v) is 14.8. The largest absolute Gasteiger partial charge is 0.573 e. The number of benzene rings is 1. The number of ether oxygens (including phenoxy) is 2. The van der Waals surface area contributed by atoms with Crippen LogP contribution in [0.1, 0.15) is 11.6 Å². The first-order chi connectivity index (χ1) is 10.4. The second-order valence-corrected chi connectivity index (χ2v) is 4.92. The van der Waals surface area contributed by atoms with Gasteiger partial charge in [0, 0.05) is 31.7 Å². The lowest BCUT2D eigenvalue weighted by Gasteiger charge is -2.34. The van der Waals surface area contributed by atoms with Gasteiger partial charge in [0.2, 0.25) is 0 Å². The molecule has 0 aliphatic carbocycles. The van der Waals surface area contributed by atoms with Crippen LogP contribution in [-0.2, 0) is 0 Å². The average molecular weight is 389 g/mol. The Balaban J connectivity index is 0.00000264. The number of hydrogen-bond acceptors (Lipinski definition) is 4. The highest BCUT2D eigenvalue weighted by Gasteiger charge is 2.32. The van der Waals surface area contributed by atoms with Crippen LogP contribution in [0.25, 0.3) is 0 Å². The standard InChI is InChI=1S/C15H19F3N2O2.2ClH/c1-3-13(20-8-6-19-7-9-20)12-10-11(22-15(16,17)18)4-5-14(12)21-2;;/h3-5,10,13,19H,1,6-9H2,2H3;2*1H/t13-;;/m0../s1. The van der Waals surface area contributed by atoms with Crippen molar-refractivity contribution in [1.82, 2.24) is 10.2 Å². The van der Waals surface area contributed by atoms with E-state index in [1.807, 2.05) is 0 Å². The smallest absolute Gasteiger partial charge is 0.496 e. The molecule has 1 aromatic carbocycles. The van der Waals surface area contributed by atoms with Crippen LogP contribution in [0, 0.1) is 0 Å². The Bertz CT molecular complexity index is 524. The number of nitrogens with one attached hydrogen (secondary N) is 1. The van der Waals surface area contributed by atoms with Gasteiger partial charge in [-0.15, -0.1) is 44.6 Å². The third-order valence-corrected chi connectivity index (χ3v) is 3.52. The van der Waals surface area contributed by atoms with E-state index in [1.165, 1.54) is 25.3 Å². The van der Waals surface area contributed by atoms with E-state index >= 15 is 0 Å². The minimum atomic E-state index is -4.72. The summed E-state index contributed by atoms with van der Waals surface area (Å²) in [6.45, 7) is 7.03.